The van der Waals surface area contributed by atoms with E-state index in [1.54, 1.807) is 14.2 Å². The molecule has 0 aliphatic carbocycles. The van der Waals surface area contributed by atoms with Crippen molar-refractivity contribution in [1.29, 1.82) is 0 Å². The zero-order valence-electron chi connectivity index (χ0n) is 12.3. The molecular weight excluding hydrogens is 256 g/mol. The second-order valence-corrected chi connectivity index (χ2v) is 3.53. The lowest BCUT2D eigenvalue weighted by molar-refractivity contribution is -0.514. The summed E-state index contributed by atoms with van der Waals surface area (Å²) in [5.74, 6) is 0. The molecular formula is C12H26O7. The van der Waals surface area contributed by atoms with Gasteiger partial charge < -0.3 is 18.9 Å². The highest BCUT2D eigenvalue weighted by Crippen LogP contribution is 2.02. The van der Waals surface area contributed by atoms with E-state index in [4.69, 9.17) is 28.7 Å². The highest BCUT2D eigenvalue weighted by atomic mass is 17.5. The molecule has 7 nitrogen and oxygen atoms in total. The Hall–Kier alpha value is -0.280. The zero-order valence-corrected chi connectivity index (χ0v) is 12.3. The van der Waals surface area contributed by atoms with Crippen LogP contribution in [0.1, 0.15) is 26.7 Å². The van der Waals surface area contributed by atoms with Gasteiger partial charge in [0.1, 0.15) is 0 Å². The SMILES string of the molecule is CCOC(CCOOOCCC(OC)OCC)OC. The Morgan fingerprint density at radius 3 is 1.47 bits per heavy atom. The van der Waals surface area contributed by atoms with E-state index in [9.17, 15) is 0 Å². The highest BCUT2D eigenvalue weighted by molar-refractivity contribution is 4.41. The number of methoxy groups -OCH3 is 2. The van der Waals surface area contributed by atoms with Crippen molar-refractivity contribution in [3.05, 3.63) is 0 Å². The molecule has 0 aromatic rings. The van der Waals surface area contributed by atoms with Crippen molar-refractivity contribution < 1.29 is 33.8 Å². The number of hydrogen-bond acceptors (Lipinski definition) is 7. The third-order valence-electron chi connectivity index (χ3n) is 2.20. The minimum Gasteiger partial charge on any atom is -0.356 e. The van der Waals surface area contributed by atoms with Crippen LogP contribution in [-0.4, -0.2) is 53.2 Å². The van der Waals surface area contributed by atoms with Crippen LogP contribution in [-0.2, 0) is 33.8 Å². The van der Waals surface area contributed by atoms with Crippen molar-refractivity contribution >= 4 is 0 Å². The average Bonchev–Trinajstić information content (AvgIpc) is 2.43. The molecule has 0 aromatic heterocycles. The monoisotopic (exact) mass is 282 g/mol. The lowest BCUT2D eigenvalue weighted by Crippen LogP contribution is -2.19. The van der Waals surface area contributed by atoms with Gasteiger partial charge in [-0.15, -0.1) is 0 Å². The van der Waals surface area contributed by atoms with Crippen molar-refractivity contribution in [1.82, 2.24) is 0 Å². The number of hydrogen-bond donors (Lipinski definition) is 0. The third-order valence-corrected chi connectivity index (χ3v) is 2.20. The topological polar surface area (TPSA) is 64.6 Å². The lowest BCUT2D eigenvalue weighted by Gasteiger charge is -2.15. The third kappa shape index (κ3) is 11.3. The minimum atomic E-state index is -0.288. The smallest absolute Gasteiger partial charge is 0.159 e. The van der Waals surface area contributed by atoms with Crippen LogP contribution >= 0.6 is 0 Å². The number of ether oxygens (including phenoxy) is 4. The molecule has 0 spiro atoms. The van der Waals surface area contributed by atoms with Gasteiger partial charge in [-0.05, 0) is 13.8 Å². The first kappa shape index (κ1) is 18.7. The van der Waals surface area contributed by atoms with Gasteiger partial charge in [-0.1, -0.05) is 5.04 Å². The maximum Gasteiger partial charge on any atom is 0.159 e. The molecule has 7 heteroatoms. The summed E-state index contributed by atoms with van der Waals surface area (Å²) in [6, 6.07) is 0. The summed E-state index contributed by atoms with van der Waals surface area (Å²) in [6.07, 6.45) is 0.551. The Bertz CT molecular complexity index is 161. The first-order valence-corrected chi connectivity index (χ1v) is 6.48. The molecule has 0 rings (SSSR count). The molecule has 0 saturated carbocycles. The lowest BCUT2D eigenvalue weighted by atomic mass is 10.4. The van der Waals surface area contributed by atoms with Crippen molar-refractivity contribution in [2.24, 2.45) is 0 Å². The second kappa shape index (κ2) is 14.1. The first-order valence-electron chi connectivity index (χ1n) is 6.48. The van der Waals surface area contributed by atoms with Crippen molar-refractivity contribution in [2.45, 2.75) is 39.3 Å². The first-order chi connectivity index (χ1) is 9.28. The highest BCUT2D eigenvalue weighted by Gasteiger charge is 2.08. The van der Waals surface area contributed by atoms with E-state index in [2.05, 4.69) is 5.04 Å². The van der Waals surface area contributed by atoms with Gasteiger partial charge in [0.05, 0.1) is 13.2 Å². The van der Waals surface area contributed by atoms with E-state index in [-0.39, 0.29) is 12.6 Å². The largest absolute Gasteiger partial charge is 0.356 e. The standard InChI is InChI=1S/C12H26O7/c1-5-15-11(13-3)7-9-17-19-18-10-8-12(14-4)16-6-2/h11-12H,5-10H2,1-4H3. The van der Waals surface area contributed by atoms with E-state index in [1.165, 1.54) is 0 Å². The molecule has 0 saturated heterocycles. The summed E-state index contributed by atoms with van der Waals surface area (Å²) in [4.78, 5) is 9.65. The quantitative estimate of drug-likeness (QED) is 0.208. The Morgan fingerprint density at radius 1 is 0.737 bits per heavy atom. The Morgan fingerprint density at radius 2 is 1.16 bits per heavy atom. The molecule has 116 valence electrons. The van der Waals surface area contributed by atoms with Gasteiger partial charge in [0, 0.05) is 40.3 Å². The molecule has 0 amide bonds. The maximum atomic E-state index is 5.26. The van der Waals surface area contributed by atoms with Crippen LogP contribution in [0, 0.1) is 0 Å². The minimum absolute atomic E-state index is 0.288. The van der Waals surface area contributed by atoms with Gasteiger partial charge in [-0.3, -0.25) is 0 Å². The van der Waals surface area contributed by atoms with E-state index in [0.29, 0.717) is 39.3 Å². The summed E-state index contributed by atoms with van der Waals surface area (Å²) >= 11 is 0. The summed E-state index contributed by atoms with van der Waals surface area (Å²) < 4.78 is 20.6. The molecule has 2 unspecified atom stereocenters. The summed E-state index contributed by atoms with van der Waals surface area (Å²) in [7, 11) is 3.16. The Labute approximate surface area is 114 Å². The molecule has 19 heavy (non-hydrogen) atoms. The van der Waals surface area contributed by atoms with Gasteiger partial charge in [-0.25, -0.2) is 9.78 Å². The van der Waals surface area contributed by atoms with Crippen molar-refractivity contribution in [3.63, 3.8) is 0 Å². The maximum absolute atomic E-state index is 5.26. The molecule has 0 aliphatic heterocycles. The molecule has 0 aromatic carbocycles. The van der Waals surface area contributed by atoms with Crippen LogP contribution in [0.3, 0.4) is 0 Å². The summed E-state index contributed by atoms with van der Waals surface area (Å²) in [5.41, 5.74) is 0. The van der Waals surface area contributed by atoms with Gasteiger partial charge in [0.15, 0.2) is 12.6 Å². The molecule has 0 fully saturated rings. The van der Waals surface area contributed by atoms with E-state index in [0.717, 1.165) is 0 Å². The fraction of sp³-hybridized carbons (Fsp3) is 1.00. The van der Waals surface area contributed by atoms with E-state index < -0.39 is 0 Å². The molecule has 2 atom stereocenters. The van der Waals surface area contributed by atoms with Crippen LogP contribution < -0.4 is 0 Å². The fourth-order valence-electron chi connectivity index (χ4n) is 1.30. The Balaban J connectivity index is 3.34. The van der Waals surface area contributed by atoms with E-state index in [1.807, 2.05) is 13.8 Å². The molecule has 0 heterocycles. The molecule has 0 N–H and O–H groups in total. The van der Waals surface area contributed by atoms with Gasteiger partial charge >= 0.3 is 0 Å². The van der Waals surface area contributed by atoms with Crippen molar-refractivity contribution in [3.8, 4) is 0 Å². The zero-order chi connectivity index (χ0) is 14.3. The predicted octanol–water partition coefficient (Wildman–Crippen LogP) is 1.66. The van der Waals surface area contributed by atoms with Crippen molar-refractivity contribution in [2.75, 3.05) is 40.6 Å². The molecule has 0 bridgehead atoms. The normalized spacial score (nSPS) is 14.5. The predicted molar refractivity (Wildman–Crippen MR) is 67.1 cm³/mol. The summed E-state index contributed by atoms with van der Waals surface area (Å²) in [5, 5.41) is 4.56. The van der Waals surface area contributed by atoms with Gasteiger partial charge in [-0.2, -0.15) is 0 Å². The van der Waals surface area contributed by atoms with Crippen LogP contribution in [0.4, 0.5) is 0 Å². The molecule has 0 aliphatic rings. The Kier molecular flexibility index (Phi) is 13.9. The number of rotatable bonds is 14. The van der Waals surface area contributed by atoms with Gasteiger partial charge in [0.25, 0.3) is 0 Å². The fourth-order valence-corrected chi connectivity index (χ4v) is 1.30. The van der Waals surface area contributed by atoms with Gasteiger partial charge in [0.2, 0.25) is 0 Å². The van der Waals surface area contributed by atoms with Crippen LogP contribution in [0.5, 0.6) is 0 Å². The van der Waals surface area contributed by atoms with Crippen LogP contribution in [0.2, 0.25) is 0 Å². The second-order valence-electron chi connectivity index (χ2n) is 3.53. The molecule has 0 radical (unpaired) electrons. The van der Waals surface area contributed by atoms with Crippen LogP contribution in [0.15, 0.2) is 0 Å². The average molecular weight is 282 g/mol. The summed E-state index contributed by atoms with van der Waals surface area (Å²) in [6.45, 7) is 5.61. The van der Waals surface area contributed by atoms with E-state index >= 15 is 0 Å². The van der Waals surface area contributed by atoms with Crippen LogP contribution in [0.25, 0.3) is 0 Å².